The fraction of sp³-hybridized carbons (Fsp3) is 0.500. The Bertz CT molecular complexity index is 1070. The van der Waals surface area contributed by atoms with Gasteiger partial charge in [-0.3, -0.25) is 19.3 Å². The molecule has 11 heteroatoms. The molecule has 1 aromatic carbocycles. The standard InChI is InChI=1S/C24H31N3O8/c1-12-16(21(24(34)35)27-20(12)19(13(2)28)23(27)33)11-26(3)10-15(29)5-4-8-25-22(32)14-6-7-17(30)18(31)9-14/h6-7,9,12-13,19-20,28,30-31H,4-5,8,10-11H2,1-3H3,(H,25,32)(H,34,35)/t12-,13+,19+,20+/m0/s1. The second kappa shape index (κ2) is 10.4. The number of rotatable bonds is 11. The van der Waals surface area contributed by atoms with Crippen LogP contribution in [0.25, 0.3) is 0 Å². The average molecular weight is 490 g/mol. The number of hydrogen-bond acceptors (Lipinski definition) is 8. The van der Waals surface area contributed by atoms with Crippen molar-refractivity contribution in [1.82, 2.24) is 15.1 Å². The minimum atomic E-state index is -1.20. The van der Waals surface area contributed by atoms with Crippen molar-refractivity contribution in [2.75, 3.05) is 26.7 Å². The van der Waals surface area contributed by atoms with Crippen molar-refractivity contribution in [3.05, 3.63) is 35.0 Å². The van der Waals surface area contributed by atoms with Crippen LogP contribution >= 0.6 is 0 Å². The van der Waals surface area contributed by atoms with Crippen LogP contribution in [0.3, 0.4) is 0 Å². The number of hydrogen-bond donors (Lipinski definition) is 5. The Morgan fingerprint density at radius 3 is 2.49 bits per heavy atom. The molecule has 0 radical (unpaired) electrons. The van der Waals surface area contributed by atoms with E-state index in [2.05, 4.69) is 5.32 Å². The van der Waals surface area contributed by atoms with Gasteiger partial charge in [-0.25, -0.2) is 4.79 Å². The predicted octanol–water partition coefficient (Wildman–Crippen LogP) is 0.305. The van der Waals surface area contributed by atoms with Crippen LogP contribution in [0.4, 0.5) is 0 Å². The topological polar surface area (TPSA) is 168 Å². The van der Waals surface area contributed by atoms with Gasteiger partial charge in [-0.05, 0) is 44.2 Å². The molecule has 1 fully saturated rings. The summed E-state index contributed by atoms with van der Waals surface area (Å²) in [4.78, 5) is 51.8. The third-order valence-corrected chi connectivity index (χ3v) is 6.56. The number of carboxylic acid groups (broad SMARTS) is 1. The number of amides is 2. The van der Waals surface area contributed by atoms with Gasteiger partial charge in [0.05, 0.1) is 24.6 Å². The first kappa shape index (κ1) is 26.2. The summed E-state index contributed by atoms with van der Waals surface area (Å²) in [5.74, 6) is -3.75. The molecule has 0 saturated carbocycles. The van der Waals surface area contributed by atoms with E-state index >= 15 is 0 Å². The lowest BCUT2D eigenvalue weighted by molar-refractivity contribution is -0.163. The number of phenols is 2. The Morgan fingerprint density at radius 1 is 1.20 bits per heavy atom. The number of fused-ring (bicyclic) bond motifs is 1. The van der Waals surface area contributed by atoms with Crippen LogP contribution in [-0.2, 0) is 14.4 Å². The first-order valence-corrected chi connectivity index (χ1v) is 11.4. The molecule has 5 N–H and O–H groups in total. The van der Waals surface area contributed by atoms with Gasteiger partial charge in [-0.15, -0.1) is 0 Å². The minimum Gasteiger partial charge on any atom is -0.504 e. The monoisotopic (exact) mass is 489 g/mol. The molecule has 0 aromatic heterocycles. The molecule has 2 aliphatic heterocycles. The van der Waals surface area contributed by atoms with E-state index in [9.17, 15) is 39.6 Å². The Labute approximate surface area is 202 Å². The van der Waals surface area contributed by atoms with E-state index < -0.39 is 41.6 Å². The Balaban J connectivity index is 1.49. The highest BCUT2D eigenvalue weighted by atomic mass is 16.4. The van der Waals surface area contributed by atoms with Crippen molar-refractivity contribution < 1.29 is 39.6 Å². The number of aliphatic hydroxyl groups is 1. The van der Waals surface area contributed by atoms with Crippen molar-refractivity contribution in [2.45, 2.75) is 38.8 Å². The zero-order valence-corrected chi connectivity index (χ0v) is 19.9. The maximum Gasteiger partial charge on any atom is 0.352 e. The first-order valence-electron chi connectivity index (χ1n) is 11.4. The van der Waals surface area contributed by atoms with Gasteiger partial charge < -0.3 is 30.6 Å². The molecule has 0 unspecified atom stereocenters. The lowest BCUT2D eigenvalue weighted by Gasteiger charge is -2.46. The Kier molecular flexibility index (Phi) is 7.81. The molecule has 3 rings (SSSR count). The summed E-state index contributed by atoms with van der Waals surface area (Å²) in [5.41, 5.74) is 0.672. The number of carbonyl (C=O) groups is 4. The number of aliphatic hydroxyl groups excluding tert-OH is 1. The molecule has 0 aliphatic carbocycles. The van der Waals surface area contributed by atoms with Gasteiger partial charge in [-0.2, -0.15) is 0 Å². The summed E-state index contributed by atoms with van der Waals surface area (Å²) in [5, 5.41) is 41.1. The van der Waals surface area contributed by atoms with E-state index in [0.29, 0.717) is 12.0 Å². The smallest absolute Gasteiger partial charge is 0.352 e. The number of phenolic OH excluding ortho intramolecular Hbond substituents is 2. The average Bonchev–Trinajstić information content (AvgIpc) is 3.01. The van der Waals surface area contributed by atoms with Crippen molar-refractivity contribution in [1.29, 1.82) is 0 Å². The number of benzene rings is 1. The molecule has 190 valence electrons. The maximum absolute atomic E-state index is 12.4. The summed E-state index contributed by atoms with van der Waals surface area (Å²) < 4.78 is 0. The second-order valence-corrected chi connectivity index (χ2v) is 9.21. The highest BCUT2D eigenvalue weighted by Gasteiger charge is 2.59. The molecule has 0 bridgehead atoms. The fourth-order valence-corrected chi connectivity index (χ4v) is 4.83. The zero-order valence-electron chi connectivity index (χ0n) is 19.9. The van der Waals surface area contributed by atoms with E-state index in [1.807, 2.05) is 6.92 Å². The van der Waals surface area contributed by atoms with Gasteiger partial charge in [0.1, 0.15) is 11.5 Å². The maximum atomic E-state index is 12.4. The highest BCUT2D eigenvalue weighted by molar-refractivity contribution is 6.00. The molecule has 2 amide bonds. The SMILES string of the molecule is C[C@@H](O)[C@H]1C(=O)N2C(C(=O)O)=C(CN(C)CC(=O)CCCNC(=O)c3ccc(O)c(O)c3)[C@H](C)[C@H]12. The third kappa shape index (κ3) is 5.30. The minimum absolute atomic E-state index is 0.0633. The quantitative estimate of drug-likeness (QED) is 0.167. The summed E-state index contributed by atoms with van der Waals surface area (Å²) in [7, 11) is 1.69. The van der Waals surface area contributed by atoms with Crippen LogP contribution in [-0.4, -0.2) is 92.6 Å². The summed E-state index contributed by atoms with van der Waals surface area (Å²) in [6, 6.07) is 3.33. The van der Waals surface area contributed by atoms with Crippen LogP contribution in [0.5, 0.6) is 11.5 Å². The molecule has 2 heterocycles. The Hall–Kier alpha value is -3.44. The van der Waals surface area contributed by atoms with Crippen molar-refractivity contribution in [3.8, 4) is 11.5 Å². The largest absolute Gasteiger partial charge is 0.504 e. The van der Waals surface area contributed by atoms with E-state index in [4.69, 9.17) is 0 Å². The van der Waals surface area contributed by atoms with Crippen LogP contribution in [0.15, 0.2) is 29.5 Å². The molecule has 1 saturated heterocycles. The highest BCUT2D eigenvalue weighted by Crippen LogP contribution is 2.47. The van der Waals surface area contributed by atoms with Gasteiger partial charge in [0.15, 0.2) is 11.5 Å². The zero-order chi connectivity index (χ0) is 26.0. The fourth-order valence-electron chi connectivity index (χ4n) is 4.83. The van der Waals surface area contributed by atoms with Crippen molar-refractivity contribution >= 4 is 23.6 Å². The molecule has 0 spiro atoms. The van der Waals surface area contributed by atoms with Crippen LogP contribution < -0.4 is 5.32 Å². The van der Waals surface area contributed by atoms with Crippen LogP contribution in [0, 0.1) is 11.8 Å². The first-order chi connectivity index (χ1) is 16.4. The number of nitrogens with zero attached hydrogens (tertiary/aromatic N) is 2. The second-order valence-electron chi connectivity index (χ2n) is 9.21. The number of Topliss-reactive ketones (excluding diaryl/α,β-unsaturated/α-hetero) is 1. The van der Waals surface area contributed by atoms with E-state index in [1.165, 1.54) is 24.0 Å². The molecular formula is C24H31N3O8. The van der Waals surface area contributed by atoms with E-state index in [-0.39, 0.29) is 54.8 Å². The lowest BCUT2D eigenvalue weighted by atomic mass is 9.77. The van der Waals surface area contributed by atoms with E-state index in [1.54, 1.807) is 11.9 Å². The van der Waals surface area contributed by atoms with Gasteiger partial charge in [-0.1, -0.05) is 6.92 Å². The van der Waals surface area contributed by atoms with E-state index in [0.717, 1.165) is 6.07 Å². The third-order valence-electron chi connectivity index (χ3n) is 6.56. The molecular weight excluding hydrogens is 458 g/mol. The number of carbonyl (C=O) groups excluding carboxylic acids is 3. The van der Waals surface area contributed by atoms with Gasteiger partial charge >= 0.3 is 5.97 Å². The molecule has 11 nitrogen and oxygen atoms in total. The summed E-state index contributed by atoms with van der Waals surface area (Å²) >= 11 is 0. The molecule has 2 aliphatic rings. The number of carboxylic acids is 1. The predicted molar refractivity (Wildman–Crippen MR) is 123 cm³/mol. The molecule has 35 heavy (non-hydrogen) atoms. The van der Waals surface area contributed by atoms with Crippen molar-refractivity contribution in [2.24, 2.45) is 11.8 Å². The van der Waals surface area contributed by atoms with Crippen LogP contribution in [0.2, 0.25) is 0 Å². The number of aliphatic carboxylic acids is 1. The number of likely N-dealkylation sites (N-methyl/N-ethyl adjacent to an activating group) is 1. The number of ketones is 1. The van der Waals surface area contributed by atoms with Gasteiger partial charge in [0, 0.05) is 31.0 Å². The normalized spacial score (nSPS) is 22.1. The van der Waals surface area contributed by atoms with Crippen LogP contribution in [0.1, 0.15) is 37.0 Å². The number of aromatic hydroxyl groups is 2. The Morgan fingerprint density at radius 2 is 1.89 bits per heavy atom. The molecule has 4 atom stereocenters. The lowest BCUT2D eigenvalue weighted by Crippen LogP contribution is -2.63. The molecule has 1 aromatic rings. The summed E-state index contributed by atoms with van der Waals surface area (Å²) in [6.07, 6.45) is -0.286. The number of β-lactam (4-membered cyclic amide) rings is 1. The van der Waals surface area contributed by atoms with Gasteiger partial charge in [0.2, 0.25) is 5.91 Å². The van der Waals surface area contributed by atoms with Gasteiger partial charge in [0.25, 0.3) is 5.91 Å². The van der Waals surface area contributed by atoms with Crippen molar-refractivity contribution in [3.63, 3.8) is 0 Å². The number of nitrogens with one attached hydrogen (secondary N) is 1. The summed E-state index contributed by atoms with van der Waals surface area (Å²) in [6.45, 7) is 3.86.